The third kappa shape index (κ3) is 3.05. The first-order valence-electron chi connectivity index (χ1n) is 4.83. The zero-order valence-corrected chi connectivity index (χ0v) is 11.0. The van der Waals surface area contributed by atoms with E-state index in [-0.39, 0.29) is 5.91 Å². The van der Waals surface area contributed by atoms with E-state index in [1.165, 1.54) is 0 Å². The minimum Gasteiger partial charge on any atom is -0.321 e. The van der Waals surface area contributed by atoms with Gasteiger partial charge in [-0.25, -0.2) is 0 Å². The second kappa shape index (κ2) is 5.29. The Kier molecular flexibility index (Phi) is 3.76. The van der Waals surface area contributed by atoms with Gasteiger partial charge in [0, 0.05) is 16.2 Å². The van der Waals surface area contributed by atoms with Gasteiger partial charge in [0.05, 0.1) is 16.9 Å². The monoisotopic (exact) mass is 310 g/mol. The fourth-order valence-electron chi connectivity index (χ4n) is 1.28. The van der Waals surface area contributed by atoms with Crippen molar-refractivity contribution in [3.05, 3.63) is 57.8 Å². The molecule has 1 heterocycles. The summed E-state index contributed by atoms with van der Waals surface area (Å²) in [5.74, 6) is -0.199. The lowest BCUT2D eigenvalue weighted by molar-refractivity contribution is 0.102. The average Bonchev–Trinajstić information content (AvgIpc) is 2.34. The molecule has 0 aliphatic carbocycles. The van der Waals surface area contributed by atoms with E-state index < -0.39 is 0 Å². The lowest BCUT2D eigenvalue weighted by Crippen LogP contribution is -2.11. The number of carbonyl (C=O) groups is 1. The van der Waals surface area contributed by atoms with Gasteiger partial charge in [-0.3, -0.25) is 9.78 Å². The zero-order chi connectivity index (χ0) is 12.3. The van der Waals surface area contributed by atoms with Crippen LogP contribution in [-0.2, 0) is 0 Å². The van der Waals surface area contributed by atoms with Gasteiger partial charge < -0.3 is 5.32 Å². The van der Waals surface area contributed by atoms with E-state index in [1.807, 2.05) is 0 Å². The Morgan fingerprint density at radius 1 is 1.35 bits per heavy atom. The van der Waals surface area contributed by atoms with Gasteiger partial charge >= 0.3 is 0 Å². The van der Waals surface area contributed by atoms with Crippen LogP contribution in [-0.4, -0.2) is 10.9 Å². The van der Waals surface area contributed by atoms with E-state index in [2.05, 4.69) is 26.2 Å². The van der Waals surface area contributed by atoms with Crippen LogP contribution in [0.4, 0.5) is 5.69 Å². The van der Waals surface area contributed by atoms with Crippen molar-refractivity contribution < 1.29 is 4.79 Å². The van der Waals surface area contributed by atoms with Gasteiger partial charge in [0.25, 0.3) is 5.91 Å². The predicted octanol–water partition coefficient (Wildman–Crippen LogP) is 3.75. The molecular weight excluding hydrogens is 304 g/mol. The molecule has 1 aromatic carbocycles. The number of pyridine rings is 1. The minimum atomic E-state index is -0.199. The van der Waals surface area contributed by atoms with Crippen molar-refractivity contribution in [3.63, 3.8) is 0 Å². The van der Waals surface area contributed by atoms with Crippen molar-refractivity contribution >= 4 is 39.1 Å². The normalized spacial score (nSPS) is 10.0. The highest BCUT2D eigenvalue weighted by Crippen LogP contribution is 2.23. The molecule has 0 aliphatic heterocycles. The smallest absolute Gasteiger partial charge is 0.255 e. The Bertz CT molecular complexity index is 545. The number of benzene rings is 1. The molecule has 0 radical (unpaired) electrons. The summed E-state index contributed by atoms with van der Waals surface area (Å²) in [4.78, 5) is 15.8. The van der Waals surface area contributed by atoms with Crippen LogP contribution in [0, 0.1) is 0 Å². The molecule has 3 nitrogen and oxygen atoms in total. The molecule has 0 aliphatic rings. The van der Waals surface area contributed by atoms with Gasteiger partial charge in [-0.15, -0.1) is 0 Å². The van der Waals surface area contributed by atoms with E-state index >= 15 is 0 Å². The maximum Gasteiger partial charge on any atom is 0.255 e. The quantitative estimate of drug-likeness (QED) is 0.918. The van der Waals surface area contributed by atoms with E-state index in [4.69, 9.17) is 11.6 Å². The molecule has 0 unspecified atom stereocenters. The standard InChI is InChI=1S/C12H8BrClN2O/c13-10-6-8(3-4-11(10)14)12(17)16-9-2-1-5-15-7-9/h1-7H,(H,16,17). The molecular formula is C12H8BrClN2O. The van der Waals surface area contributed by atoms with Crippen molar-refractivity contribution in [2.24, 2.45) is 0 Å². The summed E-state index contributed by atoms with van der Waals surface area (Å²) in [6.45, 7) is 0. The highest BCUT2D eigenvalue weighted by molar-refractivity contribution is 9.10. The Balaban J connectivity index is 2.18. The molecule has 0 atom stereocenters. The van der Waals surface area contributed by atoms with Crippen molar-refractivity contribution in [2.75, 3.05) is 5.32 Å². The lowest BCUT2D eigenvalue weighted by atomic mass is 10.2. The molecule has 1 amide bonds. The van der Waals surface area contributed by atoms with Gasteiger partial charge in [-0.1, -0.05) is 11.6 Å². The number of nitrogens with zero attached hydrogens (tertiary/aromatic N) is 1. The fourth-order valence-corrected chi connectivity index (χ4v) is 1.77. The van der Waals surface area contributed by atoms with Crippen LogP contribution >= 0.6 is 27.5 Å². The van der Waals surface area contributed by atoms with Crippen LogP contribution in [0.1, 0.15) is 10.4 Å². The summed E-state index contributed by atoms with van der Waals surface area (Å²) >= 11 is 9.13. The predicted molar refractivity (Wildman–Crippen MR) is 71.3 cm³/mol. The van der Waals surface area contributed by atoms with E-state index in [0.29, 0.717) is 20.7 Å². The molecule has 2 aromatic rings. The summed E-state index contributed by atoms with van der Waals surface area (Å²) in [6.07, 6.45) is 3.23. The maximum atomic E-state index is 11.9. The largest absolute Gasteiger partial charge is 0.321 e. The first-order valence-corrected chi connectivity index (χ1v) is 6.00. The lowest BCUT2D eigenvalue weighted by Gasteiger charge is -2.05. The number of anilines is 1. The van der Waals surface area contributed by atoms with Crippen molar-refractivity contribution in [2.45, 2.75) is 0 Å². The zero-order valence-electron chi connectivity index (χ0n) is 8.65. The molecule has 0 spiro atoms. The van der Waals surface area contributed by atoms with E-state index in [0.717, 1.165) is 0 Å². The summed E-state index contributed by atoms with van der Waals surface area (Å²) in [5, 5.41) is 3.31. The molecule has 2 rings (SSSR count). The highest BCUT2D eigenvalue weighted by atomic mass is 79.9. The Morgan fingerprint density at radius 2 is 2.18 bits per heavy atom. The highest BCUT2D eigenvalue weighted by Gasteiger charge is 2.07. The SMILES string of the molecule is O=C(Nc1cccnc1)c1ccc(Cl)c(Br)c1. The Morgan fingerprint density at radius 3 is 2.82 bits per heavy atom. The van der Waals surface area contributed by atoms with Crippen LogP contribution in [0.25, 0.3) is 0 Å². The molecule has 0 fully saturated rings. The summed E-state index contributed by atoms with van der Waals surface area (Å²) in [7, 11) is 0. The number of hydrogen-bond donors (Lipinski definition) is 1. The molecule has 0 saturated carbocycles. The maximum absolute atomic E-state index is 11.9. The Labute approximate surface area is 112 Å². The molecule has 17 heavy (non-hydrogen) atoms. The first kappa shape index (κ1) is 12.1. The topological polar surface area (TPSA) is 42.0 Å². The average molecular weight is 312 g/mol. The van der Waals surface area contributed by atoms with Crippen molar-refractivity contribution in [3.8, 4) is 0 Å². The summed E-state index contributed by atoms with van der Waals surface area (Å²) in [5.41, 5.74) is 1.19. The van der Waals surface area contributed by atoms with Gasteiger partial charge in [-0.2, -0.15) is 0 Å². The van der Waals surface area contributed by atoms with Crippen LogP contribution in [0.5, 0.6) is 0 Å². The van der Waals surface area contributed by atoms with Crippen LogP contribution in [0.15, 0.2) is 47.2 Å². The van der Waals surface area contributed by atoms with Crippen molar-refractivity contribution in [1.82, 2.24) is 4.98 Å². The molecule has 1 N–H and O–H groups in total. The number of carbonyl (C=O) groups excluding carboxylic acids is 1. The summed E-state index contributed by atoms with van der Waals surface area (Å²) < 4.78 is 0.693. The third-order valence-corrected chi connectivity index (χ3v) is 3.32. The Hall–Kier alpha value is -1.39. The first-order chi connectivity index (χ1) is 8.16. The number of halogens is 2. The molecule has 1 aromatic heterocycles. The van der Waals surface area contributed by atoms with Gasteiger partial charge in [0.1, 0.15) is 0 Å². The van der Waals surface area contributed by atoms with Crippen LogP contribution in [0.3, 0.4) is 0 Å². The number of aromatic nitrogens is 1. The third-order valence-electron chi connectivity index (χ3n) is 2.10. The van der Waals surface area contributed by atoms with Gasteiger partial charge in [0.2, 0.25) is 0 Å². The van der Waals surface area contributed by atoms with Crippen LogP contribution < -0.4 is 5.32 Å². The molecule has 0 saturated heterocycles. The number of hydrogen-bond acceptors (Lipinski definition) is 2. The fraction of sp³-hybridized carbons (Fsp3) is 0. The minimum absolute atomic E-state index is 0.199. The van der Waals surface area contributed by atoms with Crippen molar-refractivity contribution in [1.29, 1.82) is 0 Å². The second-order valence-corrected chi connectivity index (χ2v) is 4.59. The summed E-state index contributed by atoms with van der Waals surface area (Å²) in [6, 6.07) is 8.54. The van der Waals surface area contributed by atoms with Gasteiger partial charge in [0.15, 0.2) is 0 Å². The van der Waals surface area contributed by atoms with Crippen LogP contribution in [0.2, 0.25) is 5.02 Å². The van der Waals surface area contributed by atoms with Gasteiger partial charge in [-0.05, 0) is 46.3 Å². The van der Waals surface area contributed by atoms with E-state index in [1.54, 1.807) is 42.7 Å². The second-order valence-electron chi connectivity index (χ2n) is 3.32. The number of amides is 1. The number of rotatable bonds is 2. The number of nitrogens with one attached hydrogen (secondary N) is 1. The molecule has 0 bridgehead atoms. The molecule has 5 heteroatoms. The molecule has 86 valence electrons. The van der Waals surface area contributed by atoms with E-state index in [9.17, 15) is 4.79 Å².